The number of rotatable bonds is 6. The fourth-order valence-corrected chi connectivity index (χ4v) is 1.83. The van der Waals surface area contributed by atoms with E-state index in [4.69, 9.17) is 9.47 Å². The molecule has 1 aliphatic rings. The van der Waals surface area contributed by atoms with Gasteiger partial charge in [-0.05, 0) is 44.4 Å². The van der Waals surface area contributed by atoms with E-state index in [0.29, 0.717) is 6.42 Å². The average molecular weight is 264 g/mol. The zero-order valence-electron chi connectivity index (χ0n) is 11.3. The van der Waals surface area contributed by atoms with Crippen molar-refractivity contribution in [3.8, 4) is 5.75 Å². The van der Waals surface area contributed by atoms with Crippen LogP contribution >= 0.6 is 0 Å². The van der Waals surface area contributed by atoms with Gasteiger partial charge in [0, 0.05) is 6.42 Å². The maximum Gasteiger partial charge on any atom is 0.335 e. The quantitative estimate of drug-likeness (QED) is 0.802. The van der Waals surface area contributed by atoms with Gasteiger partial charge in [0.1, 0.15) is 5.75 Å². The van der Waals surface area contributed by atoms with Crippen LogP contribution in [0.25, 0.3) is 0 Å². The van der Waals surface area contributed by atoms with Crippen LogP contribution in [0.15, 0.2) is 24.3 Å². The predicted octanol–water partition coefficient (Wildman–Crippen LogP) is 2.43. The monoisotopic (exact) mass is 264 g/mol. The Morgan fingerprint density at radius 2 is 2.16 bits per heavy atom. The van der Waals surface area contributed by atoms with E-state index in [1.165, 1.54) is 0 Å². The molecule has 0 aromatic heterocycles. The van der Waals surface area contributed by atoms with Crippen LogP contribution in [0.5, 0.6) is 5.75 Å². The van der Waals surface area contributed by atoms with Crippen LogP contribution in [-0.2, 0) is 20.7 Å². The zero-order valence-corrected chi connectivity index (χ0v) is 11.3. The molecule has 0 radical (unpaired) electrons. The minimum Gasteiger partial charge on any atom is -0.508 e. The molecule has 1 aliphatic carbocycles. The highest BCUT2D eigenvalue weighted by Crippen LogP contribution is 2.27. The van der Waals surface area contributed by atoms with E-state index in [2.05, 4.69) is 0 Å². The Hall–Kier alpha value is -1.55. The molecule has 1 aromatic rings. The number of phenolic OH excluding ortho intramolecular Hbond substituents is 1. The topological polar surface area (TPSA) is 55.8 Å². The smallest absolute Gasteiger partial charge is 0.335 e. The zero-order chi connectivity index (χ0) is 13.8. The number of hydrogen-bond acceptors (Lipinski definition) is 4. The number of ether oxygens (including phenoxy) is 2. The Kier molecular flexibility index (Phi) is 4.43. The Morgan fingerprint density at radius 1 is 1.42 bits per heavy atom. The van der Waals surface area contributed by atoms with Crippen LogP contribution in [-0.4, -0.2) is 29.4 Å². The second-order valence-corrected chi connectivity index (χ2v) is 5.18. The molecule has 1 fully saturated rings. The molecule has 104 valence electrons. The molecular weight excluding hydrogens is 244 g/mol. The fourth-order valence-electron chi connectivity index (χ4n) is 1.83. The van der Waals surface area contributed by atoms with Gasteiger partial charge in [-0.1, -0.05) is 12.1 Å². The molecular formula is C15H20O4. The lowest BCUT2D eigenvalue weighted by Crippen LogP contribution is -2.31. The van der Waals surface area contributed by atoms with Gasteiger partial charge in [0.15, 0.2) is 6.10 Å². The molecule has 4 nitrogen and oxygen atoms in total. The Labute approximate surface area is 113 Å². The molecule has 1 aromatic carbocycles. The van der Waals surface area contributed by atoms with Gasteiger partial charge in [-0.15, -0.1) is 0 Å². The highest BCUT2D eigenvalue weighted by atomic mass is 16.6. The highest BCUT2D eigenvalue weighted by molar-refractivity contribution is 5.75. The number of benzene rings is 1. The highest BCUT2D eigenvalue weighted by Gasteiger charge is 2.31. The molecule has 1 saturated carbocycles. The number of aromatic hydroxyl groups is 1. The number of carbonyl (C=O) groups is 1. The van der Waals surface area contributed by atoms with Crippen molar-refractivity contribution in [2.75, 3.05) is 0 Å². The lowest BCUT2D eigenvalue weighted by Gasteiger charge is -2.18. The van der Waals surface area contributed by atoms with Crippen LogP contribution in [0.4, 0.5) is 0 Å². The van der Waals surface area contributed by atoms with Crippen LogP contribution in [0, 0.1) is 0 Å². The van der Waals surface area contributed by atoms with Crippen LogP contribution < -0.4 is 0 Å². The summed E-state index contributed by atoms with van der Waals surface area (Å²) in [6.07, 6.45) is 1.88. The molecule has 0 amide bonds. The molecule has 0 saturated heterocycles. The molecule has 0 bridgehead atoms. The fraction of sp³-hybridized carbons (Fsp3) is 0.533. The normalized spacial score (nSPS) is 16.4. The van der Waals surface area contributed by atoms with Gasteiger partial charge >= 0.3 is 5.97 Å². The van der Waals surface area contributed by atoms with E-state index in [9.17, 15) is 9.90 Å². The number of esters is 1. The second-order valence-electron chi connectivity index (χ2n) is 5.18. The van der Waals surface area contributed by atoms with E-state index in [1.807, 2.05) is 19.9 Å². The SMILES string of the molecule is CC(C)OC(=O)C(Cc1cccc(O)c1)OC1CC1. The third-order valence-corrected chi connectivity index (χ3v) is 2.83. The predicted molar refractivity (Wildman–Crippen MR) is 70.9 cm³/mol. The summed E-state index contributed by atoms with van der Waals surface area (Å²) in [5, 5.41) is 9.45. The summed E-state index contributed by atoms with van der Waals surface area (Å²) >= 11 is 0. The summed E-state index contributed by atoms with van der Waals surface area (Å²) in [6, 6.07) is 6.87. The standard InChI is InChI=1S/C15H20O4/c1-10(2)18-15(17)14(19-13-6-7-13)9-11-4-3-5-12(16)8-11/h3-5,8,10,13-14,16H,6-7,9H2,1-2H3. The third-order valence-electron chi connectivity index (χ3n) is 2.83. The van der Waals surface area contributed by atoms with Crippen molar-refractivity contribution in [2.45, 2.75) is 51.4 Å². The van der Waals surface area contributed by atoms with E-state index in [1.54, 1.807) is 18.2 Å². The van der Waals surface area contributed by atoms with E-state index < -0.39 is 6.10 Å². The van der Waals surface area contributed by atoms with Gasteiger partial charge in [-0.25, -0.2) is 4.79 Å². The maximum atomic E-state index is 12.0. The molecule has 2 rings (SSSR count). The number of carbonyl (C=O) groups excluding carboxylic acids is 1. The van der Waals surface area contributed by atoms with Gasteiger partial charge in [0.05, 0.1) is 12.2 Å². The molecule has 0 spiro atoms. The van der Waals surface area contributed by atoms with Gasteiger partial charge in [0.2, 0.25) is 0 Å². The Morgan fingerprint density at radius 3 is 2.74 bits per heavy atom. The number of hydrogen-bond donors (Lipinski definition) is 1. The number of phenols is 1. The first-order valence-corrected chi connectivity index (χ1v) is 6.68. The molecule has 0 aliphatic heterocycles. The van der Waals surface area contributed by atoms with Crippen LogP contribution in [0.3, 0.4) is 0 Å². The summed E-state index contributed by atoms with van der Waals surface area (Å²) in [5.74, 6) is -0.134. The van der Waals surface area contributed by atoms with Crippen LogP contribution in [0.1, 0.15) is 32.3 Å². The van der Waals surface area contributed by atoms with Crippen molar-refractivity contribution >= 4 is 5.97 Å². The van der Waals surface area contributed by atoms with Crippen LogP contribution in [0.2, 0.25) is 0 Å². The second kappa shape index (κ2) is 6.06. The first-order chi connectivity index (χ1) is 9.04. The summed E-state index contributed by atoms with van der Waals surface area (Å²) in [6.45, 7) is 3.64. The first-order valence-electron chi connectivity index (χ1n) is 6.68. The van der Waals surface area contributed by atoms with Crippen molar-refractivity contribution in [3.05, 3.63) is 29.8 Å². The molecule has 4 heteroatoms. The molecule has 19 heavy (non-hydrogen) atoms. The van der Waals surface area contributed by atoms with Crippen molar-refractivity contribution in [3.63, 3.8) is 0 Å². The summed E-state index contributed by atoms with van der Waals surface area (Å²) in [5.41, 5.74) is 0.867. The van der Waals surface area contributed by atoms with Gasteiger partial charge < -0.3 is 14.6 Å². The average Bonchev–Trinajstić information content (AvgIpc) is 3.11. The van der Waals surface area contributed by atoms with Gasteiger partial charge in [-0.2, -0.15) is 0 Å². The molecule has 0 heterocycles. The van der Waals surface area contributed by atoms with Gasteiger partial charge in [0.25, 0.3) is 0 Å². The van der Waals surface area contributed by atoms with E-state index in [0.717, 1.165) is 18.4 Å². The minimum atomic E-state index is -0.586. The minimum absolute atomic E-state index is 0.151. The Balaban J connectivity index is 2.02. The van der Waals surface area contributed by atoms with Crippen molar-refractivity contribution in [2.24, 2.45) is 0 Å². The van der Waals surface area contributed by atoms with Crippen molar-refractivity contribution < 1.29 is 19.4 Å². The van der Waals surface area contributed by atoms with E-state index >= 15 is 0 Å². The summed E-state index contributed by atoms with van der Waals surface area (Å²) in [7, 11) is 0. The largest absolute Gasteiger partial charge is 0.508 e. The lowest BCUT2D eigenvalue weighted by molar-refractivity contribution is -0.162. The van der Waals surface area contributed by atoms with Crippen molar-refractivity contribution in [1.82, 2.24) is 0 Å². The Bertz CT molecular complexity index is 438. The van der Waals surface area contributed by atoms with E-state index in [-0.39, 0.29) is 23.9 Å². The third kappa shape index (κ3) is 4.56. The lowest BCUT2D eigenvalue weighted by atomic mass is 10.1. The van der Waals surface area contributed by atoms with Gasteiger partial charge in [-0.3, -0.25) is 0 Å². The summed E-state index contributed by atoms with van der Waals surface area (Å²) < 4.78 is 10.9. The molecule has 1 atom stereocenters. The first kappa shape index (κ1) is 13.9. The molecule has 1 unspecified atom stereocenters. The van der Waals surface area contributed by atoms with Crippen molar-refractivity contribution in [1.29, 1.82) is 0 Å². The molecule has 1 N–H and O–H groups in total. The maximum absolute atomic E-state index is 12.0. The summed E-state index contributed by atoms with van der Waals surface area (Å²) in [4.78, 5) is 12.0.